The highest BCUT2D eigenvalue weighted by Crippen LogP contribution is 2.37. The lowest BCUT2D eigenvalue weighted by Crippen LogP contribution is -2.42. The Morgan fingerprint density at radius 3 is 2.45 bits per heavy atom. The minimum absolute atomic E-state index is 0.00221. The van der Waals surface area contributed by atoms with Crippen LogP contribution in [0.2, 0.25) is 0 Å². The summed E-state index contributed by atoms with van der Waals surface area (Å²) in [6.07, 6.45) is 1.63. The quantitative estimate of drug-likeness (QED) is 0.195. The molecule has 1 amide bonds. The molecule has 1 N–H and O–H groups in total. The molecular formula is C32H37BrFN3O5. The molecule has 42 heavy (non-hydrogen) atoms. The number of ether oxygens (including phenoxy) is 3. The second-order valence-corrected chi connectivity index (χ2v) is 12.6. The fourth-order valence-corrected chi connectivity index (χ4v) is 5.47. The summed E-state index contributed by atoms with van der Waals surface area (Å²) in [5.74, 6) is 0.185. The van der Waals surface area contributed by atoms with Crippen LogP contribution >= 0.6 is 15.9 Å². The third kappa shape index (κ3) is 7.03. The standard InChI is InChI=1S/C32H37BrFN3O5/c1-18(2)14-21(36-31(39)42-32(4,5)6)17-41-29-25(33)15-24-23-12-13-35-19(3)26(23)30(38)37(28(24)27(29)34)16-20-8-10-22(40-7)11-9-20/h8-13,15,18,21H,14,16-17H2,1-7H3,(H,36,39). The molecule has 4 rings (SSSR count). The van der Waals surface area contributed by atoms with Crippen molar-refractivity contribution in [1.29, 1.82) is 0 Å². The van der Waals surface area contributed by atoms with E-state index < -0.39 is 23.6 Å². The number of nitrogens with zero attached hydrogens (tertiary/aromatic N) is 2. The number of hydrogen-bond acceptors (Lipinski definition) is 6. The van der Waals surface area contributed by atoms with Gasteiger partial charge in [-0.15, -0.1) is 0 Å². The predicted octanol–water partition coefficient (Wildman–Crippen LogP) is 7.13. The van der Waals surface area contributed by atoms with Gasteiger partial charge in [0.2, 0.25) is 0 Å². The number of amides is 1. The molecule has 0 aliphatic carbocycles. The van der Waals surface area contributed by atoms with Crippen molar-refractivity contribution < 1.29 is 23.4 Å². The Balaban J connectivity index is 1.80. The average molecular weight is 643 g/mol. The van der Waals surface area contributed by atoms with Crippen molar-refractivity contribution >= 4 is 43.7 Å². The van der Waals surface area contributed by atoms with Gasteiger partial charge in [0.1, 0.15) is 18.0 Å². The van der Waals surface area contributed by atoms with Crippen LogP contribution in [0.5, 0.6) is 11.5 Å². The first-order valence-corrected chi connectivity index (χ1v) is 14.6. The van der Waals surface area contributed by atoms with Crippen molar-refractivity contribution in [3.8, 4) is 11.5 Å². The Kier molecular flexibility index (Phi) is 9.45. The molecule has 224 valence electrons. The molecule has 0 aliphatic rings. The minimum atomic E-state index is -0.679. The van der Waals surface area contributed by atoms with E-state index in [-0.39, 0.29) is 35.9 Å². The molecule has 0 bridgehead atoms. The highest BCUT2D eigenvalue weighted by molar-refractivity contribution is 9.10. The van der Waals surface area contributed by atoms with Gasteiger partial charge < -0.3 is 24.1 Å². The van der Waals surface area contributed by atoms with Crippen LogP contribution in [0.4, 0.5) is 9.18 Å². The van der Waals surface area contributed by atoms with Crippen LogP contribution in [0.1, 0.15) is 52.3 Å². The van der Waals surface area contributed by atoms with Crippen LogP contribution in [0.25, 0.3) is 21.7 Å². The van der Waals surface area contributed by atoms with Gasteiger partial charge in [-0.2, -0.15) is 0 Å². The fourth-order valence-electron chi connectivity index (χ4n) is 4.95. The number of nitrogens with one attached hydrogen (secondary N) is 1. The summed E-state index contributed by atoms with van der Waals surface area (Å²) < 4.78 is 35.1. The summed E-state index contributed by atoms with van der Waals surface area (Å²) in [5, 5.41) is 4.42. The molecule has 0 saturated carbocycles. The van der Waals surface area contributed by atoms with Gasteiger partial charge in [-0.05, 0) is 85.8 Å². The zero-order chi connectivity index (χ0) is 30.8. The number of benzene rings is 2. The fraction of sp³-hybridized carbons (Fsp3) is 0.406. The largest absolute Gasteiger partial charge is 0.497 e. The van der Waals surface area contributed by atoms with Gasteiger partial charge in [0.25, 0.3) is 5.56 Å². The number of hydrogen-bond donors (Lipinski definition) is 1. The first-order valence-electron chi connectivity index (χ1n) is 13.8. The van der Waals surface area contributed by atoms with Crippen molar-refractivity contribution in [2.45, 2.75) is 66.2 Å². The molecule has 0 saturated heterocycles. The Morgan fingerprint density at radius 2 is 1.83 bits per heavy atom. The molecule has 8 nitrogen and oxygen atoms in total. The minimum Gasteiger partial charge on any atom is -0.497 e. The summed E-state index contributed by atoms with van der Waals surface area (Å²) in [6.45, 7) is 11.3. The number of halogens is 2. The number of methoxy groups -OCH3 is 1. The zero-order valence-electron chi connectivity index (χ0n) is 25.0. The van der Waals surface area contributed by atoms with Crippen LogP contribution in [0.15, 0.2) is 51.9 Å². The maximum absolute atomic E-state index is 16.6. The van der Waals surface area contributed by atoms with Gasteiger partial charge in [0.15, 0.2) is 11.6 Å². The molecule has 0 spiro atoms. The van der Waals surface area contributed by atoms with E-state index in [0.717, 1.165) is 5.56 Å². The van der Waals surface area contributed by atoms with Crippen molar-refractivity contribution in [1.82, 2.24) is 14.9 Å². The molecule has 0 aliphatic heterocycles. The normalized spacial score (nSPS) is 12.5. The summed E-state index contributed by atoms with van der Waals surface area (Å²) >= 11 is 3.50. The number of alkyl carbamates (subject to hydrolysis) is 1. The number of carbonyl (C=O) groups is 1. The molecule has 2 aromatic carbocycles. The highest BCUT2D eigenvalue weighted by atomic mass is 79.9. The van der Waals surface area contributed by atoms with Gasteiger partial charge >= 0.3 is 6.09 Å². The number of carbonyl (C=O) groups excluding carboxylic acids is 1. The Bertz CT molecular complexity index is 1660. The van der Waals surface area contributed by atoms with Gasteiger partial charge in [0, 0.05) is 17.0 Å². The second-order valence-electron chi connectivity index (χ2n) is 11.7. The van der Waals surface area contributed by atoms with Gasteiger partial charge in [-0.3, -0.25) is 9.78 Å². The van der Waals surface area contributed by atoms with Crippen LogP contribution < -0.4 is 20.3 Å². The molecule has 1 atom stereocenters. The molecule has 1 unspecified atom stereocenters. The predicted molar refractivity (Wildman–Crippen MR) is 166 cm³/mol. The number of rotatable bonds is 9. The van der Waals surface area contributed by atoms with E-state index >= 15 is 4.39 Å². The topological polar surface area (TPSA) is 91.7 Å². The van der Waals surface area contributed by atoms with Crippen molar-refractivity contribution in [2.24, 2.45) is 5.92 Å². The van der Waals surface area contributed by atoms with Crippen molar-refractivity contribution in [3.05, 3.63) is 74.5 Å². The molecular weight excluding hydrogens is 605 g/mol. The Morgan fingerprint density at radius 1 is 1.14 bits per heavy atom. The van der Waals surface area contributed by atoms with Crippen LogP contribution in [-0.4, -0.2) is 41.0 Å². The van der Waals surface area contributed by atoms with E-state index in [1.165, 1.54) is 4.57 Å². The highest BCUT2D eigenvalue weighted by Gasteiger charge is 2.25. The number of aromatic nitrogens is 2. The molecule has 2 aromatic heterocycles. The summed E-state index contributed by atoms with van der Waals surface area (Å²) in [6, 6.07) is 10.3. The van der Waals surface area contributed by atoms with Gasteiger partial charge in [-0.25, -0.2) is 9.18 Å². The number of pyridine rings is 2. The Labute approximate surface area is 253 Å². The Hall–Kier alpha value is -3.66. The lowest BCUT2D eigenvalue weighted by Gasteiger charge is -2.25. The van der Waals surface area contributed by atoms with Crippen LogP contribution in [0.3, 0.4) is 0 Å². The first kappa shape index (κ1) is 31.3. The van der Waals surface area contributed by atoms with Crippen molar-refractivity contribution in [3.63, 3.8) is 0 Å². The summed E-state index contributed by atoms with van der Waals surface area (Å²) in [5.41, 5.74) is 0.460. The summed E-state index contributed by atoms with van der Waals surface area (Å²) in [7, 11) is 1.58. The van der Waals surface area contributed by atoms with E-state index in [1.807, 2.05) is 26.0 Å². The summed E-state index contributed by atoms with van der Waals surface area (Å²) in [4.78, 5) is 30.7. The third-order valence-corrected chi connectivity index (χ3v) is 7.30. The molecule has 0 fully saturated rings. The van der Waals surface area contributed by atoms with Crippen LogP contribution in [-0.2, 0) is 11.3 Å². The molecule has 4 aromatic rings. The first-order chi connectivity index (χ1) is 19.8. The SMILES string of the molecule is COc1ccc(Cn2c(=O)c3c(C)nccc3c3cc(Br)c(OCC(CC(C)C)NC(=O)OC(C)(C)C)c(F)c32)cc1. The maximum atomic E-state index is 16.6. The maximum Gasteiger partial charge on any atom is 0.407 e. The van der Waals surface area contributed by atoms with Crippen LogP contribution in [0, 0.1) is 18.7 Å². The third-order valence-electron chi connectivity index (χ3n) is 6.72. The number of fused-ring (bicyclic) bond motifs is 3. The van der Waals surface area contributed by atoms with E-state index in [2.05, 4.69) is 26.2 Å². The zero-order valence-corrected chi connectivity index (χ0v) is 26.6. The lowest BCUT2D eigenvalue weighted by atomic mass is 10.0. The van der Waals surface area contributed by atoms with E-state index in [1.54, 1.807) is 65.3 Å². The lowest BCUT2D eigenvalue weighted by molar-refractivity contribution is 0.0479. The number of aryl methyl sites for hydroxylation is 1. The molecule has 2 heterocycles. The molecule has 10 heteroatoms. The monoisotopic (exact) mass is 641 g/mol. The van der Waals surface area contributed by atoms with Crippen molar-refractivity contribution in [2.75, 3.05) is 13.7 Å². The van der Waals surface area contributed by atoms with Gasteiger partial charge in [0.05, 0.1) is 40.8 Å². The average Bonchev–Trinajstić information content (AvgIpc) is 2.89. The van der Waals surface area contributed by atoms with E-state index in [4.69, 9.17) is 14.2 Å². The van der Waals surface area contributed by atoms with E-state index in [9.17, 15) is 9.59 Å². The molecule has 0 radical (unpaired) electrons. The smallest absolute Gasteiger partial charge is 0.407 e. The second kappa shape index (κ2) is 12.7. The van der Waals surface area contributed by atoms with E-state index in [0.29, 0.717) is 38.5 Å². The van der Waals surface area contributed by atoms with Gasteiger partial charge in [-0.1, -0.05) is 26.0 Å².